The molecule has 3 aromatic rings. The molecule has 0 N–H and O–H groups in total. The molecule has 1 aliphatic heterocycles. The molecule has 1 aliphatic rings. The van der Waals surface area contributed by atoms with Gasteiger partial charge >= 0.3 is 0 Å². The van der Waals surface area contributed by atoms with Gasteiger partial charge in [-0.2, -0.15) is 0 Å². The summed E-state index contributed by atoms with van der Waals surface area (Å²) in [6, 6.07) is 13.3. The van der Waals surface area contributed by atoms with Crippen LogP contribution in [0.25, 0.3) is 11.3 Å². The Morgan fingerprint density at radius 3 is 2.33 bits per heavy atom. The number of aromatic nitrogens is 2. The molecular weight excluding hydrogens is 459 g/mol. The van der Waals surface area contributed by atoms with Gasteiger partial charge in [-0.25, -0.2) is 0 Å². The van der Waals surface area contributed by atoms with Gasteiger partial charge in [0.1, 0.15) is 5.75 Å². The van der Waals surface area contributed by atoms with Crippen LogP contribution in [-0.2, 0) is 4.79 Å². The number of aryl methyl sites for hydroxylation is 3. The molecule has 1 aromatic heterocycles. The Balaban J connectivity index is 1.33. The van der Waals surface area contributed by atoms with Crippen LogP contribution in [0.3, 0.4) is 0 Å². The summed E-state index contributed by atoms with van der Waals surface area (Å²) in [5.41, 5.74) is 5.67. The predicted octanol–water partition coefficient (Wildman–Crippen LogP) is 5.10. The van der Waals surface area contributed by atoms with Gasteiger partial charge in [-0.15, -0.1) is 10.2 Å². The summed E-state index contributed by atoms with van der Waals surface area (Å²) < 4.78 is 5.58. The third-order valence-electron chi connectivity index (χ3n) is 5.97. The van der Waals surface area contributed by atoms with Gasteiger partial charge in [0.25, 0.3) is 5.91 Å². The zero-order chi connectivity index (χ0) is 23.5. The Morgan fingerprint density at radius 2 is 1.64 bits per heavy atom. The summed E-state index contributed by atoms with van der Waals surface area (Å²) in [7, 11) is 0. The maximum atomic E-state index is 12.6. The SMILES string of the molecule is Cc1cc(C)c(-c2ccc(N3CCN(C(=O)COc4cc(Cl)ccc4Cl)CC3)nn2)cc1C. The lowest BCUT2D eigenvalue weighted by atomic mass is 9.99. The molecule has 0 saturated carbocycles. The standard InChI is InChI=1S/C25H26Cl2N4O2/c1-16-12-18(3)20(13-17(16)2)22-6-7-24(29-28-22)30-8-10-31(11-9-30)25(32)15-33-23-14-19(26)4-5-21(23)27/h4-7,12-14H,8-11,15H2,1-3H3. The summed E-state index contributed by atoms with van der Waals surface area (Å²) in [5, 5.41) is 9.86. The Bertz CT molecular complexity index is 1160. The zero-order valence-corrected chi connectivity index (χ0v) is 20.5. The van der Waals surface area contributed by atoms with Crippen LogP contribution in [0.15, 0.2) is 42.5 Å². The maximum Gasteiger partial charge on any atom is 0.260 e. The van der Waals surface area contributed by atoms with Crippen molar-refractivity contribution in [1.29, 1.82) is 0 Å². The van der Waals surface area contributed by atoms with Crippen LogP contribution >= 0.6 is 23.2 Å². The number of carbonyl (C=O) groups is 1. The van der Waals surface area contributed by atoms with Gasteiger partial charge in [-0.3, -0.25) is 4.79 Å². The van der Waals surface area contributed by atoms with E-state index in [9.17, 15) is 4.79 Å². The molecule has 6 nitrogen and oxygen atoms in total. The minimum Gasteiger partial charge on any atom is -0.482 e. The van der Waals surface area contributed by atoms with E-state index in [4.69, 9.17) is 27.9 Å². The first kappa shape index (κ1) is 23.3. The normalized spacial score (nSPS) is 13.8. The zero-order valence-electron chi connectivity index (χ0n) is 18.9. The van der Waals surface area contributed by atoms with Gasteiger partial charge in [0, 0.05) is 42.8 Å². The van der Waals surface area contributed by atoms with E-state index in [1.54, 1.807) is 23.1 Å². The molecule has 2 aromatic carbocycles. The van der Waals surface area contributed by atoms with Crippen LogP contribution in [0, 0.1) is 20.8 Å². The number of halogens is 2. The number of ether oxygens (including phenoxy) is 1. The molecule has 0 radical (unpaired) electrons. The quantitative estimate of drug-likeness (QED) is 0.503. The van der Waals surface area contributed by atoms with Crippen LogP contribution in [0.2, 0.25) is 10.0 Å². The highest BCUT2D eigenvalue weighted by Crippen LogP contribution is 2.28. The van der Waals surface area contributed by atoms with Crippen LogP contribution in [0.4, 0.5) is 5.82 Å². The third-order valence-corrected chi connectivity index (χ3v) is 6.52. The number of hydrogen-bond donors (Lipinski definition) is 0. The lowest BCUT2D eigenvalue weighted by Crippen LogP contribution is -2.50. The molecule has 2 heterocycles. The van der Waals surface area contributed by atoms with Crippen LogP contribution < -0.4 is 9.64 Å². The molecule has 4 rings (SSSR count). The van der Waals surface area contributed by atoms with Gasteiger partial charge in [-0.05, 0) is 67.8 Å². The Kier molecular flexibility index (Phi) is 7.05. The Labute approximate surface area is 204 Å². The van der Waals surface area contributed by atoms with Crippen molar-refractivity contribution in [2.24, 2.45) is 0 Å². The molecule has 1 amide bonds. The van der Waals surface area contributed by atoms with E-state index in [2.05, 4.69) is 48.0 Å². The highest BCUT2D eigenvalue weighted by molar-refractivity contribution is 6.34. The molecule has 33 heavy (non-hydrogen) atoms. The highest BCUT2D eigenvalue weighted by atomic mass is 35.5. The number of carbonyl (C=O) groups excluding carboxylic acids is 1. The van der Waals surface area contributed by atoms with E-state index >= 15 is 0 Å². The van der Waals surface area contributed by atoms with E-state index < -0.39 is 0 Å². The second-order valence-electron chi connectivity index (χ2n) is 8.26. The number of rotatable bonds is 5. The average Bonchev–Trinajstić information content (AvgIpc) is 2.82. The number of benzene rings is 2. The smallest absolute Gasteiger partial charge is 0.260 e. The van der Waals surface area contributed by atoms with Gasteiger partial charge in [0.15, 0.2) is 12.4 Å². The van der Waals surface area contributed by atoms with E-state index in [1.807, 2.05) is 12.1 Å². The monoisotopic (exact) mass is 484 g/mol. The summed E-state index contributed by atoms with van der Waals surface area (Å²) >= 11 is 12.1. The number of piperazine rings is 1. The molecule has 0 atom stereocenters. The van der Waals surface area contributed by atoms with Crippen molar-refractivity contribution < 1.29 is 9.53 Å². The topological polar surface area (TPSA) is 58.6 Å². The number of amides is 1. The molecule has 0 spiro atoms. The first-order valence-electron chi connectivity index (χ1n) is 10.8. The largest absolute Gasteiger partial charge is 0.482 e. The second kappa shape index (κ2) is 9.98. The molecule has 1 saturated heterocycles. The summed E-state index contributed by atoms with van der Waals surface area (Å²) in [6.45, 7) is 8.78. The van der Waals surface area contributed by atoms with Crippen molar-refractivity contribution in [2.75, 3.05) is 37.7 Å². The highest BCUT2D eigenvalue weighted by Gasteiger charge is 2.23. The van der Waals surface area contributed by atoms with Gasteiger partial charge in [-0.1, -0.05) is 29.3 Å². The number of anilines is 1. The van der Waals surface area contributed by atoms with Gasteiger partial charge < -0.3 is 14.5 Å². The van der Waals surface area contributed by atoms with E-state index in [0.29, 0.717) is 42.0 Å². The molecule has 172 valence electrons. The van der Waals surface area contributed by atoms with Crippen LogP contribution in [0.1, 0.15) is 16.7 Å². The van der Waals surface area contributed by atoms with Crippen LogP contribution in [-0.4, -0.2) is 53.8 Å². The molecular formula is C25H26Cl2N4O2. The Morgan fingerprint density at radius 1 is 0.909 bits per heavy atom. The average molecular weight is 485 g/mol. The maximum absolute atomic E-state index is 12.6. The predicted molar refractivity (Wildman–Crippen MR) is 132 cm³/mol. The summed E-state index contributed by atoms with van der Waals surface area (Å²) in [6.07, 6.45) is 0. The number of nitrogens with zero attached hydrogens (tertiary/aromatic N) is 4. The second-order valence-corrected chi connectivity index (χ2v) is 9.10. The fourth-order valence-corrected chi connectivity index (χ4v) is 4.21. The van der Waals surface area contributed by atoms with Gasteiger partial charge in [0.2, 0.25) is 0 Å². The minimum atomic E-state index is -0.0858. The third kappa shape index (κ3) is 5.40. The van der Waals surface area contributed by atoms with Gasteiger partial charge in [0.05, 0.1) is 10.7 Å². The van der Waals surface area contributed by atoms with E-state index in [0.717, 1.165) is 17.1 Å². The van der Waals surface area contributed by atoms with E-state index in [-0.39, 0.29) is 12.5 Å². The van der Waals surface area contributed by atoms with E-state index in [1.165, 1.54) is 16.7 Å². The Hall–Kier alpha value is -2.83. The van der Waals surface area contributed by atoms with Crippen molar-refractivity contribution in [3.63, 3.8) is 0 Å². The molecule has 1 fully saturated rings. The van der Waals surface area contributed by atoms with Crippen molar-refractivity contribution in [3.05, 3.63) is 69.2 Å². The summed E-state index contributed by atoms with van der Waals surface area (Å²) in [4.78, 5) is 16.5. The van der Waals surface area contributed by atoms with Crippen molar-refractivity contribution in [3.8, 4) is 17.0 Å². The lowest BCUT2D eigenvalue weighted by molar-refractivity contribution is -0.133. The van der Waals surface area contributed by atoms with Crippen molar-refractivity contribution >= 4 is 34.9 Å². The fraction of sp³-hybridized carbons (Fsp3) is 0.320. The first-order valence-corrected chi connectivity index (χ1v) is 11.6. The molecule has 0 aliphatic carbocycles. The fourth-order valence-electron chi connectivity index (χ4n) is 3.88. The van der Waals surface area contributed by atoms with Crippen LogP contribution in [0.5, 0.6) is 5.75 Å². The summed E-state index contributed by atoms with van der Waals surface area (Å²) in [5.74, 6) is 1.14. The molecule has 0 bridgehead atoms. The lowest BCUT2D eigenvalue weighted by Gasteiger charge is -2.35. The minimum absolute atomic E-state index is 0.0795. The molecule has 0 unspecified atom stereocenters. The molecule has 8 heteroatoms. The first-order chi connectivity index (χ1) is 15.8. The van der Waals surface area contributed by atoms with Crippen molar-refractivity contribution in [2.45, 2.75) is 20.8 Å². The number of hydrogen-bond acceptors (Lipinski definition) is 5. The van der Waals surface area contributed by atoms with Crippen molar-refractivity contribution in [1.82, 2.24) is 15.1 Å².